The van der Waals surface area contributed by atoms with Gasteiger partial charge in [0, 0.05) is 24.7 Å². The van der Waals surface area contributed by atoms with E-state index in [0.29, 0.717) is 0 Å². The van der Waals surface area contributed by atoms with Crippen molar-refractivity contribution < 1.29 is 0 Å². The van der Waals surface area contributed by atoms with Crippen LogP contribution in [-0.4, -0.2) is 22.7 Å². The van der Waals surface area contributed by atoms with Crippen LogP contribution in [0.3, 0.4) is 0 Å². The second-order valence-electron chi connectivity index (χ2n) is 3.95. The van der Waals surface area contributed by atoms with Crippen molar-refractivity contribution in [2.24, 2.45) is 0 Å². The molecule has 0 saturated carbocycles. The van der Waals surface area contributed by atoms with Crippen LogP contribution in [0.1, 0.15) is 20.3 Å². The average Bonchev–Trinajstić information content (AvgIpc) is 2.37. The van der Waals surface area contributed by atoms with Crippen LogP contribution in [0.15, 0.2) is 30.5 Å². The zero-order chi connectivity index (χ0) is 12.3. The Morgan fingerprint density at radius 3 is 2.82 bits per heavy atom. The molecule has 0 N–H and O–H groups in total. The summed E-state index contributed by atoms with van der Waals surface area (Å²) in [6.07, 6.45) is 2.91. The zero-order valence-electron chi connectivity index (χ0n) is 10.3. The van der Waals surface area contributed by atoms with Crippen LogP contribution in [0.2, 0.25) is 0 Å². The van der Waals surface area contributed by atoms with Crippen molar-refractivity contribution in [2.75, 3.05) is 18.1 Å². The highest BCUT2D eigenvalue weighted by Crippen LogP contribution is 2.12. The lowest BCUT2D eigenvalue weighted by atomic mass is 10.3. The van der Waals surface area contributed by atoms with Gasteiger partial charge >= 0.3 is 0 Å². The number of hydrogen-bond donors (Lipinski definition) is 0. The van der Waals surface area contributed by atoms with Crippen molar-refractivity contribution >= 4 is 23.3 Å². The van der Waals surface area contributed by atoms with Crippen LogP contribution in [0, 0.1) is 4.64 Å². The van der Waals surface area contributed by atoms with E-state index in [0.717, 1.165) is 35.2 Å². The molecule has 0 aliphatic heterocycles. The first-order valence-electron chi connectivity index (χ1n) is 6.00. The average molecular weight is 247 g/mol. The number of hydrogen-bond acceptors (Lipinski definition) is 3. The summed E-state index contributed by atoms with van der Waals surface area (Å²) in [5.74, 6) is 0. The van der Waals surface area contributed by atoms with Gasteiger partial charge in [-0.15, -0.1) is 0 Å². The van der Waals surface area contributed by atoms with Gasteiger partial charge in [-0.25, -0.2) is 9.66 Å². The smallest absolute Gasteiger partial charge is 0.159 e. The SMILES string of the molecule is CCCN(CC)n1c(=S)ccc2cccnc21. The van der Waals surface area contributed by atoms with E-state index in [1.54, 1.807) is 0 Å². The summed E-state index contributed by atoms with van der Waals surface area (Å²) < 4.78 is 2.86. The molecule has 3 nitrogen and oxygen atoms in total. The van der Waals surface area contributed by atoms with E-state index in [2.05, 4.69) is 29.9 Å². The fraction of sp³-hybridized carbons (Fsp3) is 0.385. The topological polar surface area (TPSA) is 21.1 Å². The second-order valence-corrected chi connectivity index (χ2v) is 4.36. The lowest BCUT2D eigenvalue weighted by Gasteiger charge is -2.26. The molecule has 2 aromatic rings. The van der Waals surface area contributed by atoms with Crippen LogP contribution in [0.25, 0.3) is 11.0 Å². The predicted molar refractivity (Wildman–Crippen MR) is 74.5 cm³/mol. The minimum atomic E-state index is 0.812. The Morgan fingerprint density at radius 2 is 2.12 bits per heavy atom. The standard InChI is InChI=1S/C13H17N3S/c1-3-10-15(4-2)16-12(17)8-7-11-6-5-9-14-13(11)16/h5-9H,3-4,10H2,1-2H3. The van der Waals surface area contributed by atoms with Gasteiger partial charge in [-0.1, -0.05) is 19.1 Å². The summed E-state index contributed by atoms with van der Waals surface area (Å²) >= 11 is 5.42. The second kappa shape index (κ2) is 5.27. The number of pyridine rings is 2. The summed E-state index contributed by atoms with van der Waals surface area (Å²) in [5, 5.41) is 3.35. The molecule has 0 fully saturated rings. The molecule has 0 saturated heterocycles. The molecule has 0 aromatic carbocycles. The maximum absolute atomic E-state index is 5.42. The highest BCUT2D eigenvalue weighted by molar-refractivity contribution is 7.71. The van der Waals surface area contributed by atoms with Gasteiger partial charge in [-0.2, -0.15) is 0 Å². The maximum atomic E-state index is 5.42. The van der Waals surface area contributed by atoms with Gasteiger partial charge in [0.15, 0.2) is 5.65 Å². The van der Waals surface area contributed by atoms with Gasteiger partial charge in [-0.05, 0) is 37.6 Å². The van der Waals surface area contributed by atoms with Gasteiger partial charge in [0.1, 0.15) is 4.64 Å². The third-order valence-electron chi connectivity index (χ3n) is 2.76. The Kier molecular flexibility index (Phi) is 3.74. The molecule has 0 amide bonds. The lowest BCUT2D eigenvalue weighted by molar-refractivity contribution is 0.597. The summed E-state index contributed by atoms with van der Waals surface area (Å²) in [5.41, 5.74) is 0.940. The van der Waals surface area contributed by atoms with Crippen molar-refractivity contribution in [3.63, 3.8) is 0 Å². The molecule has 0 radical (unpaired) electrons. The van der Waals surface area contributed by atoms with Crippen LogP contribution in [0.4, 0.5) is 0 Å². The Morgan fingerprint density at radius 1 is 1.29 bits per heavy atom. The van der Waals surface area contributed by atoms with E-state index < -0.39 is 0 Å². The molecular formula is C13H17N3S. The fourth-order valence-electron chi connectivity index (χ4n) is 1.98. The van der Waals surface area contributed by atoms with Crippen molar-refractivity contribution in [3.8, 4) is 0 Å². The van der Waals surface area contributed by atoms with E-state index in [-0.39, 0.29) is 0 Å². The third-order valence-corrected chi connectivity index (χ3v) is 3.07. The Balaban J connectivity index is 2.65. The molecule has 0 aliphatic carbocycles. The largest absolute Gasteiger partial charge is 0.310 e. The Hall–Kier alpha value is -1.42. The molecule has 2 heterocycles. The first-order chi connectivity index (χ1) is 8.27. The molecule has 0 unspecified atom stereocenters. The Labute approximate surface area is 107 Å². The Bertz CT molecular complexity index is 562. The van der Waals surface area contributed by atoms with Crippen LogP contribution < -0.4 is 5.01 Å². The monoisotopic (exact) mass is 247 g/mol. The summed E-state index contributed by atoms with van der Waals surface area (Å²) in [4.78, 5) is 4.45. The summed E-state index contributed by atoms with van der Waals surface area (Å²) in [6, 6.07) is 8.01. The first kappa shape index (κ1) is 12.0. The van der Waals surface area contributed by atoms with E-state index in [9.17, 15) is 0 Å². The van der Waals surface area contributed by atoms with Crippen molar-refractivity contribution in [3.05, 3.63) is 35.1 Å². The number of fused-ring (bicyclic) bond motifs is 1. The van der Waals surface area contributed by atoms with Gasteiger partial charge in [0.05, 0.1) is 0 Å². The first-order valence-corrected chi connectivity index (χ1v) is 6.40. The number of aromatic nitrogens is 2. The zero-order valence-corrected chi connectivity index (χ0v) is 11.1. The quantitative estimate of drug-likeness (QED) is 0.775. The molecule has 17 heavy (non-hydrogen) atoms. The van der Waals surface area contributed by atoms with Gasteiger partial charge in [-0.3, -0.25) is 0 Å². The molecule has 2 rings (SSSR count). The summed E-state index contributed by atoms with van der Waals surface area (Å²) in [6.45, 7) is 6.22. The van der Waals surface area contributed by atoms with E-state index in [1.807, 2.05) is 29.1 Å². The lowest BCUT2D eigenvalue weighted by Crippen LogP contribution is -2.36. The highest BCUT2D eigenvalue weighted by Gasteiger charge is 2.07. The summed E-state index contributed by atoms with van der Waals surface area (Å²) in [7, 11) is 0. The van der Waals surface area contributed by atoms with Crippen LogP contribution >= 0.6 is 12.2 Å². The van der Waals surface area contributed by atoms with E-state index in [1.165, 1.54) is 0 Å². The predicted octanol–water partition coefficient (Wildman–Crippen LogP) is 3.13. The number of rotatable bonds is 4. The molecule has 4 heteroatoms. The normalized spacial score (nSPS) is 10.7. The number of nitrogens with zero attached hydrogens (tertiary/aromatic N) is 3. The molecule has 2 aromatic heterocycles. The molecular weight excluding hydrogens is 230 g/mol. The third kappa shape index (κ3) is 2.31. The molecule has 90 valence electrons. The molecule has 0 bridgehead atoms. The van der Waals surface area contributed by atoms with Crippen molar-refractivity contribution in [1.29, 1.82) is 0 Å². The fourth-order valence-corrected chi connectivity index (χ4v) is 2.25. The highest BCUT2D eigenvalue weighted by atomic mass is 32.1. The van der Waals surface area contributed by atoms with Crippen molar-refractivity contribution in [1.82, 2.24) is 9.66 Å². The van der Waals surface area contributed by atoms with Gasteiger partial charge in [0.25, 0.3) is 0 Å². The van der Waals surface area contributed by atoms with Crippen LogP contribution in [0.5, 0.6) is 0 Å². The van der Waals surface area contributed by atoms with Crippen LogP contribution in [-0.2, 0) is 0 Å². The van der Waals surface area contributed by atoms with E-state index >= 15 is 0 Å². The van der Waals surface area contributed by atoms with Crippen molar-refractivity contribution in [2.45, 2.75) is 20.3 Å². The molecule has 0 spiro atoms. The minimum Gasteiger partial charge on any atom is -0.310 e. The maximum Gasteiger partial charge on any atom is 0.159 e. The molecule has 0 aliphatic rings. The van der Waals surface area contributed by atoms with E-state index in [4.69, 9.17) is 12.2 Å². The van der Waals surface area contributed by atoms with Gasteiger partial charge in [0.2, 0.25) is 0 Å². The minimum absolute atomic E-state index is 0.812. The van der Waals surface area contributed by atoms with Gasteiger partial charge < -0.3 is 5.01 Å². The molecule has 0 atom stereocenters.